The van der Waals surface area contributed by atoms with Crippen LogP contribution >= 0.6 is 0 Å². The van der Waals surface area contributed by atoms with Gasteiger partial charge in [0.25, 0.3) is 0 Å². The van der Waals surface area contributed by atoms with Crippen molar-refractivity contribution in [2.45, 2.75) is 19.0 Å². The second kappa shape index (κ2) is 7.26. The van der Waals surface area contributed by atoms with Crippen molar-refractivity contribution in [1.82, 2.24) is 5.32 Å². The molecular formula is C16H16F3NO3S. The summed E-state index contributed by atoms with van der Waals surface area (Å²) in [7, 11) is -3.02. The van der Waals surface area contributed by atoms with E-state index in [1.165, 1.54) is 12.1 Å². The number of hydrogen-bond acceptors (Lipinski definition) is 3. The van der Waals surface area contributed by atoms with Crippen LogP contribution in [0.2, 0.25) is 0 Å². The van der Waals surface area contributed by atoms with Crippen LogP contribution in [0.1, 0.15) is 24.0 Å². The van der Waals surface area contributed by atoms with Crippen LogP contribution in [-0.2, 0) is 20.8 Å². The fourth-order valence-corrected chi connectivity index (χ4v) is 4.29. The molecule has 1 aliphatic rings. The summed E-state index contributed by atoms with van der Waals surface area (Å²) in [6.07, 6.45) is -3.83. The van der Waals surface area contributed by atoms with Crippen LogP contribution in [0.15, 0.2) is 24.3 Å². The Kier molecular flexibility index (Phi) is 5.54. The summed E-state index contributed by atoms with van der Waals surface area (Å²) in [5.74, 6) is 4.79. The van der Waals surface area contributed by atoms with E-state index in [1.54, 1.807) is 0 Å². The number of carbonyl (C=O) groups excluding carboxylic acids is 1. The van der Waals surface area contributed by atoms with Gasteiger partial charge < -0.3 is 5.32 Å². The Labute approximate surface area is 138 Å². The van der Waals surface area contributed by atoms with Crippen LogP contribution in [0, 0.1) is 17.8 Å². The third kappa shape index (κ3) is 5.57. The molecule has 0 aromatic heterocycles. The Bertz CT molecular complexity index is 776. The van der Waals surface area contributed by atoms with Gasteiger partial charge in [-0.2, -0.15) is 13.2 Å². The lowest BCUT2D eigenvalue weighted by molar-refractivity contribution is -0.137. The van der Waals surface area contributed by atoms with Crippen molar-refractivity contribution in [3.8, 4) is 11.8 Å². The second-order valence-electron chi connectivity index (χ2n) is 5.63. The van der Waals surface area contributed by atoms with Gasteiger partial charge in [-0.05, 0) is 30.5 Å². The van der Waals surface area contributed by atoms with E-state index in [1.807, 2.05) is 0 Å². The molecule has 1 amide bonds. The van der Waals surface area contributed by atoms with E-state index < -0.39 is 21.6 Å². The van der Waals surface area contributed by atoms with Gasteiger partial charge in [-0.25, -0.2) is 8.42 Å². The summed E-state index contributed by atoms with van der Waals surface area (Å²) in [6, 6.07) is 4.63. The van der Waals surface area contributed by atoms with Gasteiger partial charge in [-0.15, -0.1) is 0 Å². The topological polar surface area (TPSA) is 63.2 Å². The van der Waals surface area contributed by atoms with Crippen LogP contribution in [0.5, 0.6) is 0 Å². The molecule has 0 saturated carbocycles. The smallest absolute Gasteiger partial charge is 0.345 e. The van der Waals surface area contributed by atoms with E-state index in [0.717, 1.165) is 12.1 Å². The van der Waals surface area contributed by atoms with Crippen molar-refractivity contribution in [2.24, 2.45) is 5.92 Å². The quantitative estimate of drug-likeness (QED) is 0.840. The monoisotopic (exact) mass is 359 g/mol. The normalized spacial score (nSPS) is 19.4. The van der Waals surface area contributed by atoms with Crippen molar-refractivity contribution < 1.29 is 26.4 Å². The fourth-order valence-electron chi connectivity index (χ4n) is 2.43. The minimum absolute atomic E-state index is 0.00541. The van der Waals surface area contributed by atoms with E-state index in [2.05, 4.69) is 17.2 Å². The summed E-state index contributed by atoms with van der Waals surface area (Å²) in [5.41, 5.74) is -0.568. The zero-order valence-electron chi connectivity index (χ0n) is 12.7. The van der Waals surface area contributed by atoms with Crippen molar-refractivity contribution >= 4 is 15.7 Å². The minimum Gasteiger partial charge on any atom is -0.345 e. The highest BCUT2D eigenvalue weighted by Crippen LogP contribution is 2.29. The van der Waals surface area contributed by atoms with Gasteiger partial charge >= 0.3 is 6.18 Å². The lowest BCUT2D eigenvalue weighted by atomic mass is 10.1. The maximum atomic E-state index is 12.6. The molecule has 1 aromatic carbocycles. The first-order chi connectivity index (χ1) is 11.2. The zero-order chi connectivity index (χ0) is 17.8. The molecule has 1 aromatic rings. The Balaban J connectivity index is 1.83. The molecule has 0 spiro atoms. The molecule has 1 aliphatic heterocycles. The average Bonchev–Trinajstić information content (AvgIpc) is 2.82. The Morgan fingerprint density at radius 2 is 2.08 bits per heavy atom. The van der Waals surface area contributed by atoms with Gasteiger partial charge in [0.05, 0.1) is 23.6 Å². The molecule has 1 N–H and O–H groups in total. The molecular weight excluding hydrogens is 343 g/mol. The van der Waals surface area contributed by atoms with Gasteiger partial charge in [0.2, 0.25) is 5.91 Å². The third-order valence-electron chi connectivity index (χ3n) is 3.60. The fraction of sp³-hybridized carbons (Fsp3) is 0.438. The lowest BCUT2D eigenvalue weighted by Crippen LogP contribution is -2.26. The van der Waals surface area contributed by atoms with Gasteiger partial charge in [-0.1, -0.05) is 17.9 Å². The van der Waals surface area contributed by atoms with E-state index in [9.17, 15) is 26.4 Å². The highest BCUT2D eigenvalue weighted by atomic mass is 32.2. The van der Waals surface area contributed by atoms with E-state index in [-0.39, 0.29) is 41.9 Å². The molecule has 8 heteroatoms. The summed E-state index contributed by atoms with van der Waals surface area (Å²) in [6.45, 7) is -0.00541. The van der Waals surface area contributed by atoms with Gasteiger partial charge in [0.15, 0.2) is 9.84 Å². The maximum absolute atomic E-state index is 12.6. The van der Waals surface area contributed by atoms with E-state index >= 15 is 0 Å². The summed E-state index contributed by atoms with van der Waals surface area (Å²) in [5, 5.41) is 2.52. The number of rotatable bonds is 3. The first kappa shape index (κ1) is 18.3. The number of halogens is 3. The predicted molar refractivity (Wildman–Crippen MR) is 82.7 cm³/mol. The molecule has 0 bridgehead atoms. The van der Waals surface area contributed by atoms with Crippen LogP contribution in [0.4, 0.5) is 13.2 Å². The predicted octanol–water partition coefficient (Wildman–Crippen LogP) is 2.00. The maximum Gasteiger partial charge on any atom is 0.416 e. The van der Waals surface area contributed by atoms with Crippen LogP contribution < -0.4 is 5.32 Å². The zero-order valence-corrected chi connectivity index (χ0v) is 13.5. The molecule has 2 rings (SSSR count). The molecule has 0 aliphatic carbocycles. The Hall–Kier alpha value is -2.01. The number of carbonyl (C=O) groups is 1. The molecule has 4 nitrogen and oxygen atoms in total. The standard InChI is InChI=1S/C16H16F3NO3S/c17-16(18,19)14-5-1-3-12(9-14)4-2-7-20-15(21)10-13-6-8-24(22,23)11-13/h1,3,5,9,13H,6-8,10-11H2,(H,20,21). The number of amides is 1. The molecule has 1 heterocycles. The Morgan fingerprint density at radius 1 is 1.33 bits per heavy atom. The molecule has 130 valence electrons. The van der Waals surface area contributed by atoms with Crippen LogP contribution in [-0.4, -0.2) is 32.4 Å². The highest BCUT2D eigenvalue weighted by Gasteiger charge is 2.30. The van der Waals surface area contributed by atoms with Crippen LogP contribution in [0.25, 0.3) is 0 Å². The van der Waals surface area contributed by atoms with Crippen molar-refractivity contribution in [3.05, 3.63) is 35.4 Å². The highest BCUT2D eigenvalue weighted by molar-refractivity contribution is 7.91. The van der Waals surface area contributed by atoms with Gasteiger partial charge in [-0.3, -0.25) is 4.79 Å². The molecule has 24 heavy (non-hydrogen) atoms. The molecule has 1 fully saturated rings. The molecule has 1 atom stereocenters. The first-order valence-electron chi connectivity index (χ1n) is 7.29. The van der Waals surface area contributed by atoms with Crippen molar-refractivity contribution in [1.29, 1.82) is 0 Å². The second-order valence-corrected chi connectivity index (χ2v) is 7.86. The third-order valence-corrected chi connectivity index (χ3v) is 5.43. The largest absolute Gasteiger partial charge is 0.416 e. The summed E-state index contributed by atoms with van der Waals surface area (Å²) >= 11 is 0. The summed E-state index contributed by atoms with van der Waals surface area (Å²) in [4.78, 5) is 11.7. The van der Waals surface area contributed by atoms with E-state index in [0.29, 0.717) is 6.42 Å². The number of nitrogens with one attached hydrogen (secondary N) is 1. The number of sulfone groups is 1. The minimum atomic E-state index is -4.42. The SMILES string of the molecule is O=C(CC1CCS(=O)(=O)C1)NCC#Cc1cccc(C(F)(F)F)c1. The van der Waals surface area contributed by atoms with Crippen LogP contribution in [0.3, 0.4) is 0 Å². The first-order valence-corrected chi connectivity index (χ1v) is 9.11. The van der Waals surface area contributed by atoms with Crippen molar-refractivity contribution in [2.75, 3.05) is 18.1 Å². The summed E-state index contributed by atoms with van der Waals surface area (Å²) < 4.78 is 60.3. The lowest BCUT2D eigenvalue weighted by Gasteiger charge is -2.06. The van der Waals surface area contributed by atoms with Crippen molar-refractivity contribution in [3.63, 3.8) is 0 Å². The van der Waals surface area contributed by atoms with Gasteiger partial charge in [0.1, 0.15) is 0 Å². The number of alkyl halides is 3. The molecule has 1 saturated heterocycles. The van der Waals surface area contributed by atoms with Gasteiger partial charge in [0, 0.05) is 12.0 Å². The Morgan fingerprint density at radius 3 is 2.71 bits per heavy atom. The number of benzene rings is 1. The average molecular weight is 359 g/mol. The number of hydrogen-bond donors (Lipinski definition) is 1. The van der Waals surface area contributed by atoms with E-state index in [4.69, 9.17) is 0 Å². The molecule has 1 unspecified atom stereocenters. The molecule has 0 radical (unpaired) electrons.